The number of nitrogens with zero attached hydrogens (tertiary/aromatic N) is 1. The molecule has 1 aromatic rings. The summed E-state index contributed by atoms with van der Waals surface area (Å²) in [6.45, 7) is 1.55. The summed E-state index contributed by atoms with van der Waals surface area (Å²) in [7, 11) is 0. The number of fused-ring (bicyclic) bond motifs is 1. The van der Waals surface area contributed by atoms with E-state index in [2.05, 4.69) is 40.8 Å². The zero-order valence-corrected chi connectivity index (χ0v) is 11.6. The molecule has 0 aliphatic carbocycles. The highest BCUT2D eigenvalue weighted by atomic mass is 127. The third-order valence-electron chi connectivity index (χ3n) is 3.39. The third kappa shape index (κ3) is 2.20. The summed E-state index contributed by atoms with van der Waals surface area (Å²) >= 11 is 2.28. The molecule has 1 fully saturated rings. The molecule has 1 atom stereocenters. The van der Waals surface area contributed by atoms with Gasteiger partial charge in [0.2, 0.25) is 5.91 Å². The van der Waals surface area contributed by atoms with Crippen LogP contribution in [0.1, 0.15) is 18.4 Å². The summed E-state index contributed by atoms with van der Waals surface area (Å²) in [5.74, 6) is 0.206. The van der Waals surface area contributed by atoms with Gasteiger partial charge in [-0.15, -0.1) is 0 Å². The number of hydrogen-bond donors (Lipinski definition) is 0. The van der Waals surface area contributed by atoms with E-state index in [1.807, 2.05) is 4.90 Å². The van der Waals surface area contributed by atoms with E-state index in [0.717, 1.165) is 30.7 Å². The Bertz CT molecular complexity index is 455. The Hall–Kier alpha value is -0.620. The van der Waals surface area contributed by atoms with Gasteiger partial charge in [-0.05, 0) is 59.2 Å². The highest BCUT2D eigenvalue weighted by molar-refractivity contribution is 14.1. The van der Waals surface area contributed by atoms with Gasteiger partial charge >= 0.3 is 0 Å². The number of hydrogen-bond acceptors (Lipinski definition) is 2. The van der Waals surface area contributed by atoms with Crippen molar-refractivity contribution in [1.82, 2.24) is 0 Å². The van der Waals surface area contributed by atoms with Crippen LogP contribution in [-0.4, -0.2) is 25.2 Å². The zero-order chi connectivity index (χ0) is 11.8. The number of ether oxygens (including phenoxy) is 1. The van der Waals surface area contributed by atoms with Crippen LogP contribution in [0.2, 0.25) is 0 Å². The van der Waals surface area contributed by atoms with Crippen LogP contribution in [0.5, 0.6) is 0 Å². The Kier molecular flexibility index (Phi) is 3.08. The van der Waals surface area contributed by atoms with E-state index in [4.69, 9.17) is 4.74 Å². The summed E-state index contributed by atoms with van der Waals surface area (Å²) in [4.78, 5) is 13.9. The first-order valence-electron chi connectivity index (χ1n) is 5.94. The first kappa shape index (κ1) is 11.5. The molecule has 1 amide bonds. The first-order valence-corrected chi connectivity index (χ1v) is 7.02. The molecule has 0 spiro atoms. The van der Waals surface area contributed by atoms with Gasteiger partial charge < -0.3 is 9.64 Å². The molecular weight excluding hydrogens is 329 g/mol. The molecule has 2 aliphatic heterocycles. The minimum Gasteiger partial charge on any atom is -0.376 e. The monoisotopic (exact) mass is 343 g/mol. The zero-order valence-electron chi connectivity index (χ0n) is 9.49. The average molecular weight is 343 g/mol. The Labute approximate surface area is 114 Å². The fourth-order valence-corrected chi connectivity index (χ4v) is 3.10. The maximum atomic E-state index is 12.0. The number of rotatable bonds is 2. The number of carbonyl (C=O) groups is 1. The van der Waals surface area contributed by atoms with Crippen molar-refractivity contribution in [2.45, 2.75) is 25.4 Å². The highest BCUT2D eigenvalue weighted by Gasteiger charge is 2.30. The van der Waals surface area contributed by atoms with Crippen molar-refractivity contribution < 1.29 is 9.53 Å². The Balaban J connectivity index is 1.83. The molecule has 17 heavy (non-hydrogen) atoms. The summed E-state index contributed by atoms with van der Waals surface area (Å²) in [5.41, 5.74) is 2.23. The van der Waals surface area contributed by atoms with Crippen LogP contribution in [-0.2, 0) is 16.0 Å². The second kappa shape index (κ2) is 4.57. The van der Waals surface area contributed by atoms with Crippen molar-refractivity contribution in [3.63, 3.8) is 0 Å². The fourth-order valence-electron chi connectivity index (χ4n) is 2.54. The maximum Gasteiger partial charge on any atom is 0.231 e. The van der Waals surface area contributed by atoms with Gasteiger partial charge in [-0.1, -0.05) is 0 Å². The number of amides is 1. The number of halogens is 1. The van der Waals surface area contributed by atoms with E-state index >= 15 is 0 Å². The molecule has 0 N–H and O–H groups in total. The summed E-state index contributed by atoms with van der Waals surface area (Å²) in [6.07, 6.45) is 2.96. The molecule has 3 nitrogen and oxygen atoms in total. The second-order valence-corrected chi connectivity index (χ2v) is 5.83. The van der Waals surface area contributed by atoms with Crippen LogP contribution in [0.3, 0.4) is 0 Å². The van der Waals surface area contributed by atoms with Gasteiger partial charge in [0.05, 0.1) is 19.1 Å². The molecule has 1 aromatic carbocycles. The normalized spacial score (nSPS) is 23.2. The molecule has 0 radical (unpaired) electrons. The average Bonchev–Trinajstić information content (AvgIpc) is 2.88. The largest absolute Gasteiger partial charge is 0.376 e. The number of carbonyl (C=O) groups excluding carboxylic acids is 1. The summed E-state index contributed by atoms with van der Waals surface area (Å²) in [5, 5.41) is 0. The lowest BCUT2D eigenvalue weighted by Crippen LogP contribution is -2.34. The van der Waals surface area contributed by atoms with Gasteiger partial charge in [0, 0.05) is 15.9 Å². The van der Waals surface area contributed by atoms with Crippen molar-refractivity contribution in [3.8, 4) is 0 Å². The molecule has 2 heterocycles. The van der Waals surface area contributed by atoms with Gasteiger partial charge in [0.25, 0.3) is 0 Å². The van der Waals surface area contributed by atoms with Gasteiger partial charge in [0.15, 0.2) is 0 Å². The van der Waals surface area contributed by atoms with Gasteiger partial charge in [-0.25, -0.2) is 0 Å². The minimum atomic E-state index is 0.206. The Morgan fingerprint density at radius 2 is 2.35 bits per heavy atom. The lowest BCUT2D eigenvalue weighted by molar-refractivity contribution is -0.117. The van der Waals surface area contributed by atoms with Crippen molar-refractivity contribution >= 4 is 34.2 Å². The van der Waals surface area contributed by atoms with E-state index in [9.17, 15) is 4.79 Å². The number of anilines is 1. The SMILES string of the molecule is O=C1Cc2cc(I)ccc2N1CC1CCCO1. The predicted octanol–water partition coefficient (Wildman–Crippen LogP) is 2.36. The molecule has 1 saturated heterocycles. The summed E-state index contributed by atoms with van der Waals surface area (Å²) < 4.78 is 6.79. The molecule has 90 valence electrons. The standard InChI is InChI=1S/C13H14INO2/c14-10-3-4-12-9(6-10)7-13(16)15(12)8-11-2-1-5-17-11/h3-4,6,11H,1-2,5,7-8H2. The van der Waals surface area contributed by atoms with E-state index in [1.165, 1.54) is 3.57 Å². The van der Waals surface area contributed by atoms with Crippen LogP contribution in [0.15, 0.2) is 18.2 Å². The topological polar surface area (TPSA) is 29.5 Å². The molecule has 1 unspecified atom stereocenters. The van der Waals surface area contributed by atoms with Crippen molar-refractivity contribution in [1.29, 1.82) is 0 Å². The molecular formula is C13H14INO2. The summed E-state index contributed by atoms with van der Waals surface area (Å²) in [6, 6.07) is 6.21. The predicted molar refractivity (Wildman–Crippen MR) is 74.2 cm³/mol. The lowest BCUT2D eigenvalue weighted by atomic mass is 10.2. The second-order valence-electron chi connectivity index (χ2n) is 4.59. The molecule has 0 bridgehead atoms. The Morgan fingerprint density at radius 1 is 1.47 bits per heavy atom. The van der Waals surface area contributed by atoms with Gasteiger partial charge in [0.1, 0.15) is 0 Å². The van der Waals surface area contributed by atoms with Crippen LogP contribution in [0.25, 0.3) is 0 Å². The molecule has 2 aliphatic rings. The van der Waals surface area contributed by atoms with Crippen LogP contribution in [0, 0.1) is 3.57 Å². The molecule has 4 heteroatoms. The lowest BCUT2D eigenvalue weighted by Gasteiger charge is -2.21. The minimum absolute atomic E-state index is 0.206. The van der Waals surface area contributed by atoms with Crippen LogP contribution >= 0.6 is 22.6 Å². The first-order chi connectivity index (χ1) is 8.24. The molecule has 0 saturated carbocycles. The fraction of sp³-hybridized carbons (Fsp3) is 0.462. The van der Waals surface area contributed by atoms with E-state index < -0.39 is 0 Å². The van der Waals surface area contributed by atoms with E-state index in [1.54, 1.807) is 0 Å². The van der Waals surface area contributed by atoms with E-state index in [0.29, 0.717) is 13.0 Å². The third-order valence-corrected chi connectivity index (χ3v) is 4.06. The van der Waals surface area contributed by atoms with E-state index in [-0.39, 0.29) is 12.0 Å². The van der Waals surface area contributed by atoms with Crippen LogP contribution in [0.4, 0.5) is 5.69 Å². The Morgan fingerprint density at radius 3 is 3.12 bits per heavy atom. The smallest absolute Gasteiger partial charge is 0.231 e. The van der Waals surface area contributed by atoms with Gasteiger partial charge in [-0.3, -0.25) is 4.79 Å². The molecule has 0 aromatic heterocycles. The van der Waals surface area contributed by atoms with Crippen molar-refractivity contribution in [2.24, 2.45) is 0 Å². The highest BCUT2D eigenvalue weighted by Crippen LogP contribution is 2.31. The number of benzene rings is 1. The van der Waals surface area contributed by atoms with Crippen LogP contribution < -0.4 is 4.90 Å². The molecule has 3 rings (SSSR count). The van der Waals surface area contributed by atoms with Gasteiger partial charge in [-0.2, -0.15) is 0 Å². The quantitative estimate of drug-likeness (QED) is 0.772. The van der Waals surface area contributed by atoms with Crippen molar-refractivity contribution in [2.75, 3.05) is 18.1 Å². The maximum absolute atomic E-state index is 12.0. The van der Waals surface area contributed by atoms with Crippen molar-refractivity contribution in [3.05, 3.63) is 27.3 Å².